The van der Waals surface area contributed by atoms with Gasteiger partial charge in [-0.25, -0.2) is 0 Å². The second kappa shape index (κ2) is 7.31. The second-order valence-electron chi connectivity index (χ2n) is 6.12. The second-order valence-corrected chi connectivity index (χ2v) is 6.12. The van der Waals surface area contributed by atoms with Gasteiger partial charge in [0, 0.05) is 28.9 Å². The van der Waals surface area contributed by atoms with Crippen LogP contribution in [-0.4, -0.2) is 12.5 Å². The Hall–Kier alpha value is -3.27. The van der Waals surface area contributed by atoms with Crippen LogP contribution in [0.2, 0.25) is 0 Å². The Kier molecular flexibility index (Phi) is 4.56. The lowest BCUT2D eigenvalue weighted by atomic mass is 10.1. The van der Waals surface area contributed by atoms with Gasteiger partial charge in [-0.2, -0.15) is 0 Å². The molecular weight excluding hydrogens is 326 g/mol. The zero-order valence-electron chi connectivity index (χ0n) is 14.3. The Morgan fingerprint density at radius 3 is 2.54 bits per heavy atom. The van der Waals surface area contributed by atoms with Crippen molar-refractivity contribution in [3.05, 3.63) is 72.8 Å². The summed E-state index contributed by atoms with van der Waals surface area (Å²) in [4.78, 5) is 12.1. The van der Waals surface area contributed by atoms with Gasteiger partial charge in [-0.3, -0.25) is 4.79 Å². The molecule has 0 saturated heterocycles. The lowest BCUT2D eigenvalue weighted by Crippen LogP contribution is -2.12. The Labute approximate surface area is 151 Å². The van der Waals surface area contributed by atoms with Crippen molar-refractivity contribution >= 4 is 33.5 Å². The maximum atomic E-state index is 12.1. The summed E-state index contributed by atoms with van der Waals surface area (Å²) in [6, 6.07) is 23.3. The summed E-state index contributed by atoms with van der Waals surface area (Å²) in [5.41, 5.74) is 2.37. The Balaban J connectivity index is 1.34. The predicted molar refractivity (Wildman–Crippen MR) is 104 cm³/mol. The highest BCUT2D eigenvalue weighted by Gasteiger charge is 2.08. The van der Waals surface area contributed by atoms with Crippen LogP contribution in [0.4, 0.5) is 5.69 Å². The monoisotopic (exact) mass is 345 g/mol. The third-order valence-electron chi connectivity index (χ3n) is 4.22. The third kappa shape index (κ3) is 3.54. The molecule has 0 spiro atoms. The Bertz CT molecular complexity index is 1040. The van der Waals surface area contributed by atoms with E-state index in [4.69, 9.17) is 9.15 Å². The van der Waals surface area contributed by atoms with Gasteiger partial charge >= 0.3 is 0 Å². The molecule has 0 unspecified atom stereocenters. The lowest BCUT2D eigenvalue weighted by Gasteiger charge is -2.07. The number of hydrogen-bond donors (Lipinski definition) is 1. The number of ether oxygens (including phenoxy) is 1. The molecule has 1 N–H and O–H groups in total. The SMILES string of the molecule is O=C(CCCOc1ccccc1)Nc1ccc2c(c1)oc1ccccc12. The minimum absolute atomic E-state index is 0.0304. The van der Waals surface area contributed by atoms with Gasteiger partial charge in [0.2, 0.25) is 5.91 Å². The number of carbonyl (C=O) groups excluding carboxylic acids is 1. The standard InChI is InChI=1S/C22H19NO3/c24-22(11-6-14-25-17-7-2-1-3-8-17)23-16-12-13-19-18-9-4-5-10-20(18)26-21(19)15-16/h1-5,7-10,12-13,15H,6,11,14H2,(H,23,24). The van der Waals surface area contributed by atoms with Crippen molar-refractivity contribution < 1.29 is 13.9 Å². The van der Waals surface area contributed by atoms with E-state index >= 15 is 0 Å². The first kappa shape index (κ1) is 16.2. The highest BCUT2D eigenvalue weighted by Crippen LogP contribution is 2.30. The normalized spacial score (nSPS) is 10.9. The smallest absolute Gasteiger partial charge is 0.224 e. The Morgan fingerprint density at radius 2 is 1.65 bits per heavy atom. The van der Waals surface area contributed by atoms with Crippen LogP contribution in [-0.2, 0) is 4.79 Å². The summed E-state index contributed by atoms with van der Waals surface area (Å²) < 4.78 is 11.5. The predicted octanol–water partition coefficient (Wildman–Crippen LogP) is 5.38. The molecule has 0 atom stereocenters. The highest BCUT2D eigenvalue weighted by molar-refractivity contribution is 6.06. The van der Waals surface area contributed by atoms with Crippen LogP contribution in [0.25, 0.3) is 21.9 Å². The molecular formula is C22H19NO3. The van der Waals surface area contributed by atoms with Crippen LogP contribution in [0.1, 0.15) is 12.8 Å². The van der Waals surface area contributed by atoms with Crippen molar-refractivity contribution in [1.82, 2.24) is 0 Å². The van der Waals surface area contributed by atoms with Gasteiger partial charge in [0.1, 0.15) is 16.9 Å². The molecule has 0 aliphatic heterocycles. The van der Waals surface area contributed by atoms with E-state index in [1.165, 1.54) is 0 Å². The molecule has 130 valence electrons. The number of amides is 1. The molecule has 0 aliphatic rings. The van der Waals surface area contributed by atoms with Crippen LogP contribution in [0, 0.1) is 0 Å². The number of para-hydroxylation sites is 2. The maximum absolute atomic E-state index is 12.1. The van der Waals surface area contributed by atoms with Crippen LogP contribution >= 0.6 is 0 Å². The van der Waals surface area contributed by atoms with Crippen molar-refractivity contribution in [1.29, 1.82) is 0 Å². The van der Waals surface area contributed by atoms with Crippen molar-refractivity contribution in [2.75, 3.05) is 11.9 Å². The molecule has 0 bridgehead atoms. The number of fused-ring (bicyclic) bond motifs is 3. The zero-order chi connectivity index (χ0) is 17.8. The van der Waals surface area contributed by atoms with E-state index in [-0.39, 0.29) is 5.91 Å². The van der Waals surface area contributed by atoms with Crippen LogP contribution in [0.5, 0.6) is 5.75 Å². The van der Waals surface area contributed by atoms with E-state index in [2.05, 4.69) is 5.32 Å². The van der Waals surface area contributed by atoms with E-state index in [9.17, 15) is 4.79 Å². The molecule has 0 fully saturated rings. The van der Waals surface area contributed by atoms with Gasteiger partial charge in [0.25, 0.3) is 0 Å². The molecule has 1 aromatic heterocycles. The van der Waals surface area contributed by atoms with Gasteiger partial charge in [0.15, 0.2) is 0 Å². The largest absolute Gasteiger partial charge is 0.494 e. The number of benzene rings is 3. The fraction of sp³-hybridized carbons (Fsp3) is 0.136. The van der Waals surface area contributed by atoms with Crippen LogP contribution < -0.4 is 10.1 Å². The molecule has 0 radical (unpaired) electrons. The highest BCUT2D eigenvalue weighted by atomic mass is 16.5. The van der Waals surface area contributed by atoms with E-state index in [0.717, 1.165) is 33.4 Å². The molecule has 0 saturated carbocycles. The average molecular weight is 345 g/mol. The molecule has 3 aromatic carbocycles. The number of furan rings is 1. The van der Waals surface area contributed by atoms with E-state index in [1.807, 2.05) is 72.8 Å². The zero-order valence-corrected chi connectivity index (χ0v) is 14.3. The fourth-order valence-electron chi connectivity index (χ4n) is 2.97. The molecule has 1 amide bonds. The quantitative estimate of drug-likeness (QED) is 0.477. The van der Waals surface area contributed by atoms with Gasteiger partial charge in [-0.15, -0.1) is 0 Å². The third-order valence-corrected chi connectivity index (χ3v) is 4.22. The summed E-state index contributed by atoms with van der Waals surface area (Å²) >= 11 is 0. The average Bonchev–Trinajstić information content (AvgIpc) is 3.04. The van der Waals surface area contributed by atoms with Gasteiger partial charge < -0.3 is 14.5 Å². The summed E-state index contributed by atoms with van der Waals surface area (Å²) in [6.45, 7) is 0.514. The number of carbonyl (C=O) groups is 1. The Morgan fingerprint density at radius 1 is 0.885 bits per heavy atom. The number of rotatable bonds is 6. The number of anilines is 1. The fourth-order valence-corrected chi connectivity index (χ4v) is 2.97. The van der Waals surface area contributed by atoms with E-state index < -0.39 is 0 Å². The molecule has 1 heterocycles. The maximum Gasteiger partial charge on any atom is 0.224 e. The lowest BCUT2D eigenvalue weighted by molar-refractivity contribution is -0.116. The van der Waals surface area contributed by atoms with Crippen LogP contribution in [0.3, 0.4) is 0 Å². The molecule has 26 heavy (non-hydrogen) atoms. The van der Waals surface area contributed by atoms with Gasteiger partial charge in [-0.1, -0.05) is 36.4 Å². The first-order valence-electron chi connectivity index (χ1n) is 8.68. The first-order valence-corrected chi connectivity index (χ1v) is 8.68. The first-order chi connectivity index (χ1) is 12.8. The summed E-state index contributed by atoms with van der Waals surface area (Å²) in [5, 5.41) is 5.06. The van der Waals surface area contributed by atoms with Crippen molar-refractivity contribution in [2.24, 2.45) is 0 Å². The summed E-state index contributed by atoms with van der Waals surface area (Å²) in [7, 11) is 0. The van der Waals surface area contributed by atoms with Gasteiger partial charge in [0.05, 0.1) is 6.61 Å². The number of hydrogen-bond acceptors (Lipinski definition) is 3. The minimum atomic E-state index is -0.0304. The number of nitrogens with one attached hydrogen (secondary N) is 1. The summed E-state index contributed by atoms with van der Waals surface area (Å²) in [5.74, 6) is 0.792. The topological polar surface area (TPSA) is 51.5 Å². The van der Waals surface area contributed by atoms with E-state index in [1.54, 1.807) is 0 Å². The van der Waals surface area contributed by atoms with Crippen molar-refractivity contribution in [3.8, 4) is 5.75 Å². The summed E-state index contributed by atoms with van der Waals surface area (Å²) in [6.07, 6.45) is 1.07. The van der Waals surface area contributed by atoms with Crippen molar-refractivity contribution in [2.45, 2.75) is 12.8 Å². The molecule has 4 heteroatoms. The minimum Gasteiger partial charge on any atom is -0.494 e. The van der Waals surface area contributed by atoms with E-state index in [0.29, 0.717) is 19.4 Å². The van der Waals surface area contributed by atoms with Crippen LogP contribution in [0.15, 0.2) is 77.2 Å². The molecule has 4 nitrogen and oxygen atoms in total. The molecule has 0 aliphatic carbocycles. The van der Waals surface area contributed by atoms with Crippen molar-refractivity contribution in [3.63, 3.8) is 0 Å². The molecule has 4 aromatic rings. The molecule has 4 rings (SSSR count). The van der Waals surface area contributed by atoms with Gasteiger partial charge in [-0.05, 0) is 36.8 Å².